The van der Waals surface area contributed by atoms with Crippen LogP contribution in [0.25, 0.3) is 0 Å². The molecule has 0 bridgehead atoms. The van der Waals surface area contributed by atoms with Crippen molar-refractivity contribution in [3.05, 3.63) is 84.0 Å². The summed E-state index contributed by atoms with van der Waals surface area (Å²) in [5.41, 5.74) is 1.20. The van der Waals surface area contributed by atoms with Crippen molar-refractivity contribution in [1.82, 2.24) is 4.98 Å². The maximum absolute atomic E-state index is 4.46. The first-order valence-electron chi connectivity index (χ1n) is 7.53. The minimum absolute atomic E-state index is 0.263. The normalized spacial score (nSPS) is 15.5. The summed E-state index contributed by atoms with van der Waals surface area (Å²) in [5.74, 6) is 0. The third-order valence-corrected chi connectivity index (χ3v) is 6.22. The van der Waals surface area contributed by atoms with Crippen molar-refractivity contribution >= 4 is 13.2 Å². The summed E-state index contributed by atoms with van der Waals surface area (Å²) in [6.07, 6.45) is 13.5. The molecule has 1 aliphatic rings. The summed E-state index contributed by atoms with van der Waals surface area (Å²) < 4.78 is 0. The Balaban J connectivity index is 1.79. The first kappa shape index (κ1) is 14.2. The fourth-order valence-electron chi connectivity index (χ4n) is 2.59. The molecule has 0 radical (unpaired) electrons. The fourth-order valence-corrected chi connectivity index (χ4v) is 5.02. The predicted octanol–water partition coefficient (Wildman–Crippen LogP) is 4.67. The molecule has 0 saturated heterocycles. The summed E-state index contributed by atoms with van der Waals surface area (Å²) in [6.45, 7) is 0. The molecule has 0 aliphatic heterocycles. The molecule has 2 heteroatoms. The van der Waals surface area contributed by atoms with Gasteiger partial charge in [-0.05, 0) is 56.1 Å². The van der Waals surface area contributed by atoms with E-state index in [1.807, 2.05) is 12.3 Å². The predicted molar refractivity (Wildman–Crippen MR) is 92.3 cm³/mol. The zero-order valence-corrected chi connectivity index (χ0v) is 13.0. The first-order chi connectivity index (χ1) is 10.4. The number of hydrogen-bond donors (Lipinski definition) is 0. The highest BCUT2D eigenvalue weighted by atomic mass is 31.1. The van der Waals surface area contributed by atoms with E-state index in [2.05, 4.69) is 65.7 Å². The van der Waals surface area contributed by atoms with Crippen molar-refractivity contribution in [2.45, 2.75) is 19.3 Å². The van der Waals surface area contributed by atoms with Crippen LogP contribution in [0.2, 0.25) is 0 Å². The van der Waals surface area contributed by atoms with Crippen LogP contribution in [-0.2, 0) is 6.42 Å². The van der Waals surface area contributed by atoms with E-state index in [1.165, 1.54) is 35.3 Å². The van der Waals surface area contributed by atoms with E-state index in [0.717, 1.165) is 6.42 Å². The number of rotatable bonds is 5. The Labute approximate surface area is 128 Å². The van der Waals surface area contributed by atoms with E-state index in [1.54, 1.807) is 0 Å². The second-order valence-electron chi connectivity index (χ2n) is 5.17. The zero-order valence-electron chi connectivity index (χ0n) is 12.2. The van der Waals surface area contributed by atoms with Gasteiger partial charge in [-0.15, -0.1) is 0 Å². The van der Waals surface area contributed by atoms with Crippen molar-refractivity contribution in [1.29, 1.82) is 0 Å². The number of aromatic nitrogens is 1. The van der Waals surface area contributed by atoms with Gasteiger partial charge in [0.15, 0.2) is 0 Å². The summed E-state index contributed by atoms with van der Waals surface area (Å²) >= 11 is 0. The first-order valence-corrected chi connectivity index (χ1v) is 9.05. The fraction of sp³-hybridized carbons (Fsp3) is 0.211. The molecule has 0 N–H and O–H groups in total. The molecular weight excluding hydrogens is 273 g/mol. The van der Waals surface area contributed by atoms with Crippen molar-refractivity contribution in [2.75, 3.05) is 6.16 Å². The molecular formula is C19H20NP. The topological polar surface area (TPSA) is 12.9 Å². The van der Waals surface area contributed by atoms with Crippen LogP contribution in [-0.4, -0.2) is 11.1 Å². The molecule has 1 aliphatic carbocycles. The molecule has 1 aromatic carbocycles. The van der Waals surface area contributed by atoms with Gasteiger partial charge in [-0.1, -0.05) is 54.6 Å². The number of hydrogen-bond acceptors (Lipinski definition) is 1. The molecule has 3 rings (SSSR count). The lowest BCUT2D eigenvalue weighted by molar-refractivity contribution is 1.03. The van der Waals surface area contributed by atoms with Crippen LogP contribution in [0.1, 0.15) is 18.5 Å². The average molecular weight is 293 g/mol. The molecule has 2 aromatic rings. The lowest BCUT2D eigenvalue weighted by atomic mass is 10.2. The van der Waals surface area contributed by atoms with Gasteiger partial charge in [0, 0.05) is 11.9 Å². The van der Waals surface area contributed by atoms with Gasteiger partial charge in [-0.3, -0.25) is 4.98 Å². The minimum Gasteiger partial charge on any atom is -0.261 e. The summed E-state index contributed by atoms with van der Waals surface area (Å²) in [5, 5.41) is 3.00. The third-order valence-electron chi connectivity index (χ3n) is 3.67. The summed E-state index contributed by atoms with van der Waals surface area (Å²) in [7, 11) is -0.263. The van der Waals surface area contributed by atoms with Gasteiger partial charge in [-0.25, -0.2) is 0 Å². The van der Waals surface area contributed by atoms with E-state index >= 15 is 0 Å². The van der Waals surface area contributed by atoms with Gasteiger partial charge < -0.3 is 0 Å². The quantitative estimate of drug-likeness (QED) is 0.730. The van der Waals surface area contributed by atoms with E-state index in [-0.39, 0.29) is 7.92 Å². The Bertz CT molecular complexity index is 617. The van der Waals surface area contributed by atoms with Gasteiger partial charge in [0.05, 0.1) is 0 Å². The molecule has 21 heavy (non-hydrogen) atoms. The van der Waals surface area contributed by atoms with Crippen LogP contribution in [0.4, 0.5) is 0 Å². The number of allylic oxidation sites excluding steroid dienone is 4. The number of aryl methyl sites for hydroxylation is 1. The second-order valence-corrected chi connectivity index (χ2v) is 7.50. The summed E-state index contributed by atoms with van der Waals surface area (Å²) in [4.78, 5) is 4.46. The number of benzene rings is 1. The van der Waals surface area contributed by atoms with Gasteiger partial charge >= 0.3 is 0 Å². The highest BCUT2D eigenvalue weighted by molar-refractivity contribution is 7.69. The van der Waals surface area contributed by atoms with Crippen LogP contribution < -0.4 is 5.30 Å². The third kappa shape index (κ3) is 3.89. The Morgan fingerprint density at radius 2 is 1.81 bits per heavy atom. The molecule has 1 nitrogen and oxygen atoms in total. The molecule has 106 valence electrons. The van der Waals surface area contributed by atoms with Crippen LogP contribution in [0.15, 0.2) is 78.3 Å². The molecule has 1 heterocycles. The van der Waals surface area contributed by atoms with E-state index in [9.17, 15) is 0 Å². The molecule has 1 atom stereocenters. The average Bonchev–Trinajstić information content (AvgIpc) is 2.58. The minimum atomic E-state index is -0.263. The Kier molecular flexibility index (Phi) is 4.97. The Morgan fingerprint density at radius 3 is 2.52 bits per heavy atom. The Morgan fingerprint density at radius 1 is 0.952 bits per heavy atom. The van der Waals surface area contributed by atoms with Crippen molar-refractivity contribution in [3.63, 3.8) is 0 Å². The molecule has 0 saturated carbocycles. The monoisotopic (exact) mass is 293 g/mol. The van der Waals surface area contributed by atoms with Crippen molar-refractivity contribution in [3.8, 4) is 0 Å². The van der Waals surface area contributed by atoms with Crippen LogP contribution in [0, 0.1) is 0 Å². The maximum Gasteiger partial charge on any atom is 0.0407 e. The van der Waals surface area contributed by atoms with Crippen molar-refractivity contribution < 1.29 is 0 Å². The molecule has 1 unspecified atom stereocenters. The lowest BCUT2D eigenvalue weighted by Crippen LogP contribution is -2.07. The van der Waals surface area contributed by atoms with E-state index in [0.29, 0.717) is 0 Å². The largest absolute Gasteiger partial charge is 0.261 e. The SMILES string of the molecule is C1=CC(P(CCc2ccccn2)c2ccccc2)=CCC1. The molecule has 0 spiro atoms. The molecule has 0 amide bonds. The standard InChI is InChI=1S/C19H20NP/c1-3-10-18(11-4-1)21(19-12-5-2-6-13-19)16-14-17-9-7-8-15-20-17/h1,3-5,7-13,15H,2,6,14,16H2. The second kappa shape index (κ2) is 7.33. The van der Waals surface area contributed by atoms with E-state index < -0.39 is 0 Å². The maximum atomic E-state index is 4.46. The van der Waals surface area contributed by atoms with Gasteiger partial charge in [0.1, 0.15) is 0 Å². The lowest BCUT2D eigenvalue weighted by Gasteiger charge is -2.21. The van der Waals surface area contributed by atoms with Crippen LogP contribution in [0.3, 0.4) is 0 Å². The number of pyridine rings is 1. The highest BCUT2D eigenvalue weighted by Gasteiger charge is 2.15. The molecule has 0 fully saturated rings. The number of nitrogens with zero attached hydrogens (tertiary/aromatic N) is 1. The summed E-state index contributed by atoms with van der Waals surface area (Å²) in [6, 6.07) is 17.1. The van der Waals surface area contributed by atoms with Crippen LogP contribution in [0.5, 0.6) is 0 Å². The Hall–Kier alpha value is -1.72. The smallest absolute Gasteiger partial charge is 0.0407 e. The van der Waals surface area contributed by atoms with Gasteiger partial charge in [0.25, 0.3) is 0 Å². The highest BCUT2D eigenvalue weighted by Crippen LogP contribution is 2.46. The van der Waals surface area contributed by atoms with Crippen molar-refractivity contribution in [2.24, 2.45) is 0 Å². The van der Waals surface area contributed by atoms with Gasteiger partial charge in [0.2, 0.25) is 0 Å². The van der Waals surface area contributed by atoms with E-state index in [4.69, 9.17) is 0 Å². The van der Waals surface area contributed by atoms with Crippen LogP contribution >= 0.6 is 7.92 Å². The van der Waals surface area contributed by atoms with Gasteiger partial charge in [-0.2, -0.15) is 0 Å². The zero-order chi connectivity index (χ0) is 14.3. The molecule has 1 aromatic heterocycles.